The molecule has 2 saturated carbocycles. The van der Waals surface area contributed by atoms with Crippen molar-refractivity contribution in [3.8, 4) is 5.75 Å². The average molecular weight is 285 g/mol. The zero-order chi connectivity index (χ0) is 12.8. The molecule has 1 atom stereocenters. The molecule has 3 rings (SSSR count). The van der Waals surface area contributed by atoms with Gasteiger partial charge in [-0.1, -0.05) is 42.1 Å². The van der Waals surface area contributed by atoms with Gasteiger partial charge in [-0.25, -0.2) is 0 Å². The third-order valence-electron chi connectivity index (χ3n) is 4.22. The van der Waals surface area contributed by atoms with E-state index in [-0.39, 0.29) is 11.5 Å². The van der Waals surface area contributed by atoms with E-state index in [1.165, 1.54) is 0 Å². The minimum atomic E-state index is -0.231. The van der Waals surface area contributed by atoms with E-state index < -0.39 is 0 Å². The summed E-state index contributed by atoms with van der Waals surface area (Å²) >= 11 is 12.1. The minimum Gasteiger partial charge on any atom is -0.487 e. The van der Waals surface area contributed by atoms with E-state index in [2.05, 4.69) is 0 Å². The van der Waals surface area contributed by atoms with Crippen molar-refractivity contribution < 1.29 is 9.53 Å². The summed E-state index contributed by atoms with van der Waals surface area (Å²) in [7, 11) is 0. The van der Waals surface area contributed by atoms with Crippen molar-refractivity contribution in [2.24, 2.45) is 5.41 Å². The fourth-order valence-electron chi connectivity index (χ4n) is 3.10. The average Bonchev–Trinajstić information content (AvgIpc) is 2.86. The van der Waals surface area contributed by atoms with Crippen LogP contribution in [0.3, 0.4) is 0 Å². The Kier molecular flexibility index (Phi) is 3.03. The number of carbonyl (C=O) groups excluding carboxylic acids is 1. The van der Waals surface area contributed by atoms with Gasteiger partial charge in [0.05, 0.1) is 10.4 Å². The van der Waals surface area contributed by atoms with Gasteiger partial charge in [-0.15, -0.1) is 0 Å². The molecule has 18 heavy (non-hydrogen) atoms. The summed E-state index contributed by atoms with van der Waals surface area (Å²) in [5, 5.41) is 0.923. The molecule has 0 aliphatic heterocycles. The van der Waals surface area contributed by atoms with Gasteiger partial charge in [-0.05, 0) is 25.0 Å². The molecule has 2 aliphatic carbocycles. The molecule has 1 spiro atoms. The molecule has 0 aromatic heterocycles. The Morgan fingerprint density at radius 1 is 1.22 bits per heavy atom. The molecule has 1 aromatic rings. The maximum absolute atomic E-state index is 11.9. The van der Waals surface area contributed by atoms with Crippen LogP contribution < -0.4 is 4.74 Å². The number of benzene rings is 1. The van der Waals surface area contributed by atoms with Crippen molar-refractivity contribution in [2.45, 2.75) is 38.2 Å². The summed E-state index contributed by atoms with van der Waals surface area (Å²) in [6.45, 7) is 0. The van der Waals surface area contributed by atoms with Crippen molar-refractivity contribution in [3.63, 3.8) is 0 Å². The van der Waals surface area contributed by atoms with Crippen LogP contribution in [-0.4, -0.2) is 11.9 Å². The molecule has 0 amide bonds. The first-order chi connectivity index (χ1) is 8.63. The second kappa shape index (κ2) is 4.43. The van der Waals surface area contributed by atoms with Crippen molar-refractivity contribution in [2.75, 3.05) is 0 Å². The highest BCUT2D eigenvalue weighted by atomic mass is 35.5. The van der Waals surface area contributed by atoms with E-state index in [0.717, 1.165) is 25.7 Å². The van der Waals surface area contributed by atoms with Crippen molar-refractivity contribution in [1.82, 2.24) is 0 Å². The Hall–Kier alpha value is -0.730. The Morgan fingerprint density at radius 3 is 2.61 bits per heavy atom. The second-order valence-electron chi connectivity index (χ2n) is 5.15. The first-order valence-corrected chi connectivity index (χ1v) is 7.03. The van der Waals surface area contributed by atoms with Crippen molar-refractivity contribution >= 4 is 29.0 Å². The summed E-state index contributed by atoms with van der Waals surface area (Å²) in [5.41, 5.74) is -0.231. The van der Waals surface area contributed by atoms with E-state index in [9.17, 15) is 4.79 Å². The van der Waals surface area contributed by atoms with Gasteiger partial charge in [0.25, 0.3) is 0 Å². The van der Waals surface area contributed by atoms with Crippen LogP contribution in [0.15, 0.2) is 18.2 Å². The first-order valence-electron chi connectivity index (χ1n) is 6.27. The molecule has 0 radical (unpaired) electrons. The SMILES string of the molecule is O=C1CC(Oc2cccc(Cl)c2Cl)C12CCCC2. The normalized spacial score (nSPS) is 25.2. The Balaban J connectivity index is 1.81. The lowest BCUT2D eigenvalue weighted by atomic mass is 9.63. The summed E-state index contributed by atoms with van der Waals surface area (Å²) in [6.07, 6.45) is 4.62. The molecule has 0 saturated heterocycles. The van der Waals surface area contributed by atoms with Gasteiger partial charge in [0.1, 0.15) is 22.7 Å². The number of hydrogen-bond acceptors (Lipinski definition) is 2. The summed E-state index contributed by atoms with van der Waals surface area (Å²) in [6, 6.07) is 5.35. The maximum atomic E-state index is 11.9. The van der Waals surface area contributed by atoms with Crippen LogP contribution in [0.5, 0.6) is 5.75 Å². The zero-order valence-electron chi connectivity index (χ0n) is 9.92. The molecule has 0 heterocycles. The van der Waals surface area contributed by atoms with Crippen LogP contribution in [0.2, 0.25) is 10.0 Å². The molecule has 2 fully saturated rings. The second-order valence-corrected chi connectivity index (χ2v) is 5.93. The molecule has 2 aliphatic rings. The van der Waals surface area contributed by atoms with Gasteiger partial charge in [-0.2, -0.15) is 0 Å². The number of ketones is 1. The molecular formula is C14H14Cl2O2. The number of carbonyl (C=O) groups is 1. The highest BCUT2D eigenvalue weighted by Gasteiger charge is 2.57. The number of ether oxygens (including phenoxy) is 1. The summed E-state index contributed by atoms with van der Waals surface area (Å²) in [5.74, 6) is 0.941. The largest absolute Gasteiger partial charge is 0.487 e. The van der Waals surface area contributed by atoms with Gasteiger partial charge < -0.3 is 4.74 Å². The molecule has 1 unspecified atom stereocenters. The molecule has 96 valence electrons. The van der Waals surface area contributed by atoms with Crippen LogP contribution in [0.1, 0.15) is 32.1 Å². The molecule has 4 heteroatoms. The van der Waals surface area contributed by atoms with Crippen LogP contribution >= 0.6 is 23.2 Å². The molecule has 1 aromatic carbocycles. The highest BCUT2D eigenvalue weighted by Crippen LogP contribution is 2.52. The van der Waals surface area contributed by atoms with Crippen molar-refractivity contribution in [1.29, 1.82) is 0 Å². The molecule has 0 bridgehead atoms. The smallest absolute Gasteiger partial charge is 0.146 e. The fourth-order valence-corrected chi connectivity index (χ4v) is 3.44. The molecule has 2 nitrogen and oxygen atoms in total. The Labute approximate surface area is 116 Å². The van der Waals surface area contributed by atoms with Gasteiger partial charge in [0.15, 0.2) is 0 Å². The van der Waals surface area contributed by atoms with E-state index in [1.54, 1.807) is 12.1 Å². The highest BCUT2D eigenvalue weighted by molar-refractivity contribution is 6.42. The van der Waals surface area contributed by atoms with Crippen LogP contribution in [0.25, 0.3) is 0 Å². The van der Waals surface area contributed by atoms with Gasteiger partial charge in [0, 0.05) is 6.42 Å². The summed E-state index contributed by atoms with van der Waals surface area (Å²) < 4.78 is 5.93. The van der Waals surface area contributed by atoms with Crippen LogP contribution in [0, 0.1) is 5.41 Å². The number of hydrogen-bond donors (Lipinski definition) is 0. The van der Waals surface area contributed by atoms with Crippen LogP contribution in [0.4, 0.5) is 0 Å². The number of halogens is 2. The third kappa shape index (κ3) is 1.74. The fraction of sp³-hybridized carbons (Fsp3) is 0.500. The van der Waals surface area contributed by atoms with Gasteiger partial charge in [0.2, 0.25) is 0 Å². The topological polar surface area (TPSA) is 26.3 Å². The minimum absolute atomic E-state index is 0.0246. The van der Waals surface area contributed by atoms with E-state index in [0.29, 0.717) is 28.0 Å². The first kappa shape index (κ1) is 12.3. The quantitative estimate of drug-likeness (QED) is 0.811. The van der Waals surface area contributed by atoms with Crippen molar-refractivity contribution in [3.05, 3.63) is 28.2 Å². The Bertz CT molecular complexity index is 493. The number of Topliss-reactive ketones (excluding diaryl/α,β-unsaturated/α-hetero) is 1. The zero-order valence-corrected chi connectivity index (χ0v) is 11.4. The Morgan fingerprint density at radius 2 is 1.94 bits per heavy atom. The predicted molar refractivity (Wildman–Crippen MR) is 71.4 cm³/mol. The van der Waals surface area contributed by atoms with E-state index in [4.69, 9.17) is 27.9 Å². The van der Waals surface area contributed by atoms with E-state index >= 15 is 0 Å². The molecule has 0 N–H and O–H groups in total. The lowest BCUT2D eigenvalue weighted by Gasteiger charge is -2.44. The predicted octanol–water partition coefficient (Wildman–Crippen LogP) is 4.27. The van der Waals surface area contributed by atoms with E-state index in [1.807, 2.05) is 6.07 Å². The van der Waals surface area contributed by atoms with Crippen LogP contribution in [-0.2, 0) is 4.79 Å². The third-order valence-corrected chi connectivity index (χ3v) is 5.03. The maximum Gasteiger partial charge on any atom is 0.146 e. The monoisotopic (exact) mass is 284 g/mol. The lowest BCUT2D eigenvalue weighted by Crippen LogP contribution is -2.55. The van der Waals surface area contributed by atoms with Gasteiger partial charge in [-0.3, -0.25) is 4.79 Å². The summed E-state index contributed by atoms with van der Waals surface area (Å²) in [4.78, 5) is 11.9. The van der Waals surface area contributed by atoms with Gasteiger partial charge >= 0.3 is 0 Å². The molecular weight excluding hydrogens is 271 g/mol. The lowest BCUT2D eigenvalue weighted by molar-refractivity contribution is -0.151. The number of rotatable bonds is 2. The standard InChI is InChI=1S/C14H14Cl2O2/c15-9-4-3-5-10(13(9)16)18-12-8-11(17)14(12)6-1-2-7-14/h3-5,12H,1-2,6-8H2.